The zero-order chi connectivity index (χ0) is 20.5. The normalized spacial score (nSPS) is 12.3. The molecule has 0 spiro atoms. The summed E-state index contributed by atoms with van der Waals surface area (Å²) < 4.78 is 68.7. The summed E-state index contributed by atoms with van der Waals surface area (Å²) in [6, 6.07) is 10.6. The second kappa shape index (κ2) is 7.31. The summed E-state index contributed by atoms with van der Waals surface area (Å²) in [5.74, 6) is -0.208. The number of fused-ring (bicyclic) bond motifs is 1. The lowest BCUT2D eigenvalue weighted by Crippen LogP contribution is -2.16. The van der Waals surface area contributed by atoms with Crippen LogP contribution in [0.5, 0.6) is 0 Å². The number of nitrogens with one attached hydrogen (secondary N) is 1. The van der Waals surface area contributed by atoms with E-state index in [1.165, 1.54) is 30.3 Å². The van der Waals surface area contributed by atoms with E-state index in [2.05, 4.69) is 5.32 Å². The molecule has 0 aliphatic heterocycles. The van der Waals surface area contributed by atoms with E-state index in [0.29, 0.717) is 11.8 Å². The maximum Gasteiger partial charge on any atom is 0.417 e. The lowest BCUT2D eigenvalue weighted by Gasteiger charge is -2.11. The van der Waals surface area contributed by atoms with Gasteiger partial charge >= 0.3 is 11.8 Å². The van der Waals surface area contributed by atoms with Crippen molar-refractivity contribution in [2.75, 3.05) is 17.6 Å². The second-order valence-corrected chi connectivity index (χ2v) is 8.36. The van der Waals surface area contributed by atoms with Crippen LogP contribution in [0.25, 0.3) is 11.0 Å². The zero-order valence-electron chi connectivity index (χ0n) is 14.7. The Balaban J connectivity index is 1.78. The van der Waals surface area contributed by atoms with Gasteiger partial charge in [-0.25, -0.2) is 13.2 Å². The molecule has 0 fully saturated rings. The Kier molecular flexibility index (Phi) is 5.20. The standard InChI is InChI=1S/C19H16F3NO4S/c1-12-2-5-14(6-3-12)28(25,26)9-8-23-13-4-7-15-16(19(20,21)22)11-18(24)27-17(15)10-13/h2-7,10-11,23H,8-9H2,1H3. The van der Waals surface area contributed by atoms with E-state index in [-0.39, 0.29) is 28.2 Å². The minimum atomic E-state index is -4.69. The fourth-order valence-corrected chi connectivity index (χ4v) is 3.86. The van der Waals surface area contributed by atoms with Gasteiger partial charge in [-0.3, -0.25) is 0 Å². The van der Waals surface area contributed by atoms with Crippen LogP contribution in [0.2, 0.25) is 0 Å². The lowest BCUT2D eigenvalue weighted by molar-refractivity contribution is -0.136. The molecule has 5 nitrogen and oxygen atoms in total. The number of hydrogen-bond donors (Lipinski definition) is 1. The van der Waals surface area contributed by atoms with Gasteiger partial charge in [0, 0.05) is 29.8 Å². The van der Waals surface area contributed by atoms with Crippen molar-refractivity contribution in [2.45, 2.75) is 18.0 Å². The van der Waals surface area contributed by atoms with Crippen molar-refractivity contribution >= 4 is 26.5 Å². The van der Waals surface area contributed by atoms with Gasteiger partial charge in [0.05, 0.1) is 16.2 Å². The third kappa shape index (κ3) is 4.36. The maximum absolute atomic E-state index is 13.1. The lowest BCUT2D eigenvalue weighted by atomic mass is 10.1. The predicted octanol–water partition coefficient (Wildman–Crippen LogP) is 4.01. The number of sulfone groups is 1. The minimum Gasteiger partial charge on any atom is -0.423 e. The highest BCUT2D eigenvalue weighted by atomic mass is 32.2. The van der Waals surface area contributed by atoms with Gasteiger partial charge in [0.15, 0.2) is 9.84 Å². The summed E-state index contributed by atoms with van der Waals surface area (Å²) in [7, 11) is -3.51. The van der Waals surface area contributed by atoms with Crippen LogP contribution in [0, 0.1) is 6.92 Å². The minimum absolute atomic E-state index is 0.0326. The van der Waals surface area contributed by atoms with Crippen molar-refractivity contribution in [2.24, 2.45) is 0 Å². The third-order valence-electron chi connectivity index (χ3n) is 4.13. The number of benzene rings is 2. The summed E-state index contributed by atoms with van der Waals surface area (Å²) in [4.78, 5) is 11.6. The van der Waals surface area contributed by atoms with Crippen LogP contribution in [0.15, 0.2) is 62.6 Å². The van der Waals surface area contributed by atoms with Crippen LogP contribution < -0.4 is 10.9 Å². The Hall–Kier alpha value is -2.81. The van der Waals surface area contributed by atoms with Gasteiger partial charge < -0.3 is 9.73 Å². The van der Waals surface area contributed by atoms with E-state index in [1.807, 2.05) is 6.92 Å². The molecule has 1 aromatic heterocycles. The predicted molar refractivity (Wildman–Crippen MR) is 99.2 cm³/mol. The number of hydrogen-bond acceptors (Lipinski definition) is 5. The van der Waals surface area contributed by atoms with Gasteiger partial charge in [-0.15, -0.1) is 0 Å². The number of anilines is 1. The van der Waals surface area contributed by atoms with E-state index in [1.54, 1.807) is 12.1 Å². The molecule has 0 aliphatic carbocycles. The Bertz CT molecular complexity index is 1170. The average molecular weight is 411 g/mol. The molecule has 0 aliphatic rings. The monoisotopic (exact) mass is 411 g/mol. The molecule has 0 radical (unpaired) electrons. The highest BCUT2D eigenvalue weighted by Crippen LogP contribution is 2.34. The van der Waals surface area contributed by atoms with Gasteiger partial charge in [-0.05, 0) is 31.2 Å². The second-order valence-electron chi connectivity index (χ2n) is 6.25. The summed E-state index contributed by atoms with van der Waals surface area (Å²) >= 11 is 0. The van der Waals surface area contributed by atoms with Crippen molar-refractivity contribution in [3.05, 3.63) is 70.1 Å². The zero-order valence-corrected chi connectivity index (χ0v) is 15.5. The molecule has 0 saturated carbocycles. The molecule has 3 aromatic rings. The first-order valence-electron chi connectivity index (χ1n) is 8.25. The van der Waals surface area contributed by atoms with Crippen LogP contribution in [-0.4, -0.2) is 20.7 Å². The van der Waals surface area contributed by atoms with Gasteiger partial charge in [0.25, 0.3) is 0 Å². The van der Waals surface area contributed by atoms with E-state index in [9.17, 15) is 26.4 Å². The fraction of sp³-hybridized carbons (Fsp3) is 0.211. The first kappa shape index (κ1) is 19.9. The van der Waals surface area contributed by atoms with Crippen molar-refractivity contribution < 1.29 is 26.0 Å². The van der Waals surface area contributed by atoms with Crippen LogP contribution in [0.3, 0.4) is 0 Å². The molecule has 0 amide bonds. The SMILES string of the molecule is Cc1ccc(S(=O)(=O)CCNc2ccc3c(C(F)(F)F)cc(=O)oc3c2)cc1. The van der Waals surface area contributed by atoms with Gasteiger partial charge in [0.2, 0.25) is 0 Å². The van der Waals surface area contributed by atoms with E-state index in [0.717, 1.165) is 5.56 Å². The summed E-state index contributed by atoms with van der Waals surface area (Å²) in [6.45, 7) is 1.88. The fourth-order valence-electron chi connectivity index (χ4n) is 2.70. The van der Waals surface area contributed by atoms with E-state index >= 15 is 0 Å². The molecule has 1 N–H and O–H groups in total. The van der Waals surface area contributed by atoms with E-state index in [4.69, 9.17) is 4.42 Å². The maximum atomic E-state index is 13.1. The van der Waals surface area contributed by atoms with Crippen LogP contribution in [-0.2, 0) is 16.0 Å². The first-order valence-corrected chi connectivity index (χ1v) is 9.90. The molecular formula is C19H16F3NO4S. The highest BCUT2D eigenvalue weighted by molar-refractivity contribution is 7.91. The molecule has 2 aromatic carbocycles. The van der Waals surface area contributed by atoms with Crippen molar-refractivity contribution in [3.63, 3.8) is 0 Å². The Morgan fingerprint density at radius 3 is 2.36 bits per heavy atom. The first-order chi connectivity index (χ1) is 13.1. The molecule has 1 heterocycles. The average Bonchev–Trinajstić information content (AvgIpc) is 2.60. The molecule has 148 valence electrons. The molecule has 0 atom stereocenters. The van der Waals surface area contributed by atoms with Crippen molar-refractivity contribution in [1.82, 2.24) is 0 Å². The van der Waals surface area contributed by atoms with Crippen molar-refractivity contribution in [3.8, 4) is 0 Å². The Morgan fingerprint density at radius 1 is 1.04 bits per heavy atom. The Labute approximate surface area is 158 Å². The number of rotatable bonds is 5. The number of aryl methyl sites for hydroxylation is 1. The molecule has 0 unspecified atom stereocenters. The van der Waals surface area contributed by atoms with Crippen molar-refractivity contribution in [1.29, 1.82) is 0 Å². The smallest absolute Gasteiger partial charge is 0.417 e. The largest absolute Gasteiger partial charge is 0.423 e. The number of alkyl halides is 3. The van der Waals surface area contributed by atoms with E-state index < -0.39 is 27.2 Å². The quantitative estimate of drug-likeness (QED) is 0.642. The third-order valence-corrected chi connectivity index (χ3v) is 5.86. The molecule has 0 saturated heterocycles. The van der Waals surface area contributed by atoms with Gasteiger partial charge in [0.1, 0.15) is 5.58 Å². The van der Waals surface area contributed by atoms with Crippen LogP contribution in [0.1, 0.15) is 11.1 Å². The summed E-state index contributed by atoms with van der Waals surface area (Å²) in [6.07, 6.45) is -4.69. The van der Waals surface area contributed by atoms with Crippen LogP contribution >= 0.6 is 0 Å². The highest BCUT2D eigenvalue weighted by Gasteiger charge is 2.33. The topological polar surface area (TPSA) is 76.4 Å². The molecule has 0 bridgehead atoms. The molecular weight excluding hydrogens is 395 g/mol. The molecule has 3 rings (SSSR count). The van der Waals surface area contributed by atoms with Gasteiger partial charge in [-0.2, -0.15) is 13.2 Å². The van der Waals surface area contributed by atoms with Crippen LogP contribution in [0.4, 0.5) is 18.9 Å². The Morgan fingerprint density at radius 2 is 1.71 bits per heavy atom. The molecule has 28 heavy (non-hydrogen) atoms. The van der Waals surface area contributed by atoms with Gasteiger partial charge in [-0.1, -0.05) is 17.7 Å². The number of halogens is 3. The molecule has 9 heteroatoms. The summed E-state index contributed by atoms with van der Waals surface area (Å²) in [5, 5.41) is 2.58. The summed E-state index contributed by atoms with van der Waals surface area (Å²) in [5.41, 5.74) is -1.14.